The van der Waals surface area contributed by atoms with Gasteiger partial charge >= 0.3 is 0 Å². The van der Waals surface area contributed by atoms with Gasteiger partial charge in [-0.15, -0.1) is 11.8 Å². The lowest BCUT2D eigenvalue weighted by atomic mass is 10.0. The average Bonchev–Trinajstić information content (AvgIpc) is 3.10. The quantitative estimate of drug-likeness (QED) is 0.884. The third-order valence-electron chi connectivity index (χ3n) is 3.68. The SMILES string of the molecule is O=C(CCNC(=O)c1ccco1)NC1CCSc2ccccc21. The highest BCUT2D eigenvalue weighted by Crippen LogP contribution is 2.35. The highest BCUT2D eigenvalue weighted by atomic mass is 32.2. The van der Waals surface area contributed by atoms with Gasteiger partial charge in [0.25, 0.3) is 5.91 Å². The molecule has 2 N–H and O–H groups in total. The number of thioether (sulfide) groups is 1. The van der Waals surface area contributed by atoms with Crippen molar-refractivity contribution in [1.29, 1.82) is 0 Å². The first-order valence-corrected chi connectivity index (χ1v) is 8.55. The van der Waals surface area contributed by atoms with Crippen LogP contribution in [0.1, 0.15) is 35.0 Å². The van der Waals surface area contributed by atoms with E-state index >= 15 is 0 Å². The Labute approximate surface area is 138 Å². The van der Waals surface area contributed by atoms with Gasteiger partial charge in [-0.05, 0) is 30.2 Å². The predicted molar refractivity (Wildman–Crippen MR) is 88.3 cm³/mol. The molecule has 0 radical (unpaired) electrons. The van der Waals surface area contributed by atoms with Crippen LogP contribution in [0.2, 0.25) is 0 Å². The van der Waals surface area contributed by atoms with Gasteiger partial charge in [0.05, 0.1) is 12.3 Å². The molecule has 1 atom stereocenters. The number of carbonyl (C=O) groups excluding carboxylic acids is 2. The highest BCUT2D eigenvalue weighted by Gasteiger charge is 2.21. The summed E-state index contributed by atoms with van der Waals surface area (Å²) in [6, 6.07) is 11.5. The summed E-state index contributed by atoms with van der Waals surface area (Å²) in [5.74, 6) is 0.888. The number of fused-ring (bicyclic) bond motifs is 1. The lowest BCUT2D eigenvalue weighted by Gasteiger charge is -2.25. The van der Waals surface area contributed by atoms with Crippen molar-refractivity contribution in [3.63, 3.8) is 0 Å². The number of furan rings is 1. The molecule has 0 aliphatic carbocycles. The normalized spacial score (nSPS) is 16.4. The Morgan fingerprint density at radius 1 is 1.22 bits per heavy atom. The number of hydrogen-bond donors (Lipinski definition) is 2. The van der Waals surface area contributed by atoms with Crippen molar-refractivity contribution in [2.24, 2.45) is 0 Å². The average molecular weight is 330 g/mol. The van der Waals surface area contributed by atoms with E-state index in [2.05, 4.69) is 22.8 Å². The molecule has 23 heavy (non-hydrogen) atoms. The van der Waals surface area contributed by atoms with Gasteiger partial charge in [-0.25, -0.2) is 0 Å². The van der Waals surface area contributed by atoms with Gasteiger partial charge in [-0.2, -0.15) is 0 Å². The summed E-state index contributed by atoms with van der Waals surface area (Å²) in [4.78, 5) is 25.0. The molecule has 5 nitrogen and oxygen atoms in total. The third-order valence-corrected chi connectivity index (χ3v) is 4.80. The van der Waals surface area contributed by atoms with Gasteiger partial charge in [-0.1, -0.05) is 18.2 Å². The van der Waals surface area contributed by atoms with Gasteiger partial charge in [0, 0.05) is 23.6 Å². The number of hydrogen-bond acceptors (Lipinski definition) is 4. The highest BCUT2D eigenvalue weighted by molar-refractivity contribution is 7.99. The van der Waals surface area contributed by atoms with Crippen LogP contribution in [0.25, 0.3) is 0 Å². The zero-order chi connectivity index (χ0) is 16.1. The van der Waals surface area contributed by atoms with Crippen molar-refractivity contribution in [2.45, 2.75) is 23.8 Å². The Bertz CT molecular complexity index is 685. The molecule has 6 heteroatoms. The molecule has 2 aromatic rings. The van der Waals surface area contributed by atoms with Gasteiger partial charge in [0.2, 0.25) is 5.91 Å². The van der Waals surface area contributed by atoms with Crippen LogP contribution in [-0.4, -0.2) is 24.1 Å². The van der Waals surface area contributed by atoms with E-state index in [0.29, 0.717) is 0 Å². The van der Waals surface area contributed by atoms with Crippen molar-refractivity contribution >= 4 is 23.6 Å². The van der Waals surface area contributed by atoms with E-state index in [1.54, 1.807) is 12.1 Å². The molecule has 2 heterocycles. The molecule has 0 saturated carbocycles. The number of benzene rings is 1. The van der Waals surface area contributed by atoms with Crippen LogP contribution in [0.4, 0.5) is 0 Å². The summed E-state index contributed by atoms with van der Waals surface area (Å²) in [6.45, 7) is 0.286. The Kier molecular flexibility index (Phi) is 5.02. The fourth-order valence-corrected chi connectivity index (χ4v) is 3.67. The lowest BCUT2D eigenvalue weighted by molar-refractivity contribution is -0.121. The van der Waals surface area contributed by atoms with Crippen molar-refractivity contribution in [3.8, 4) is 0 Å². The van der Waals surface area contributed by atoms with Gasteiger partial charge in [-0.3, -0.25) is 9.59 Å². The molecule has 3 rings (SSSR count). The molecular formula is C17H18N2O3S. The number of amides is 2. The minimum Gasteiger partial charge on any atom is -0.459 e. The van der Waals surface area contributed by atoms with Gasteiger partial charge < -0.3 is 15.1 Å². The summed E-state index contributed by atoms with van der Waals surface area (Å²) in [7, 11) is 0. The monoisotopic (exact) mass is 330 g/mol. The Balaban J connectivity index is 1.48. The summed E-state index contributed by atoms with van der Waals surface area (Å²) < 4.78 is 5.00. The second-order valence-corrected chi connectivity index (χ2v) is 6.42. The van der Waals surface area contributed by atoms with E-state index in [1.807, 2.05) is 23.9 Å². The van der Waals surface area contributed by atoms with E-state index in [-0.39, 0.29) is 36.6 Å². The third kappa shape index (κ3) is 3.96. The fraction of sp³-hybridized carbons (Fsp3) is 0.294. The topological polar surface area (TPSA) is 71.3 Å². The Morgan fingerprint density at radius 3 is 2.91 bits per heavy atom. The number of rotatable bonds is 5. The van der Waals surface area contributed by atoms with Crippen LogP contribution in [0.5, 0.6) is 0 Å². The van der Waals surface area contributed by atoms with Crippen LogP contribution < -0.4 is 10.6 Å². The van der Waals surface area contributed by atoms with E-state index in [1.165, 1.54) is 16.7 Å². The lowest BCUT2D eigenvalue weighted by Crippen LogP contribution is -2.34. The standard InChI is InChI=1S/C17H18N2O3S/c20-16(7-9-18-17(21)14-5-3-10-22-14)19-13-8-11-23-15-6-2-1-4-12(13)15/h1-6,10,13H,7-9,11H2,(H,18,21)(H,19,20). The van der Waals surface area contributed by atoms with Crippen molar-refractivity contribution < 1.29 is 14.0 Å². The zero-order valence-corrected chi connectivity index (χ0v) is 13.4. The molecule has 0 spiro atoms. The Hall–Kier alpha value is -2.21. The van der Waals surface area contributed by atoms with E-state index in [4.69, 9.17) is 4.42 Å². The van der Waals surface area contributed by atoms with Crippen molar-refractivity contribution in [2.75, 3.05) is 12.3 Å². The van der Waals surface area contributed by atoms with Crippen LogP contribution in [0.15, 0.2) is 52.0 Å². The van der Waals surface area contributed by atoms with Crippen molar-refractivity contribution in [1.82, 2.24) is 10.6 Å². The second-order valence-electron chi connectivity index (χ2n) is 5.28. The Morgan fingerprint density at radius 2 is 2.09 bits per heavy atom. The largest absolute Gasteiger partial charge is 0.459 e. The summed E-state index contributed by atoms with van der Waals surface area (Å²) >= 11 is 1.82. The minimum atomic E-state index is -0.304. The fourth-order valence-electron chi connectivity index (χ4n) is 2.54. The predicted octanol–water partition coefficient (Wildman–Crippen LogP) is 2.75. The molecule has 2 amide bonds. The zero-order valence-electron chi connectivity index (χ0n) is 12.6. The van der Waals surface area contributed by atoms with Crippen LogP contribution in [0.3, 0.4) is 0 Å². The smallest absolute Gasteiger partial charge is 0.286 e. The summed E-state index contributed by atoms with van der Waals surface area (Å²) in [5, 5.41) is 5.73. The number of carbonyl (C=O) groups is 2. The van der Waals surface area contributed by atoms with Crippen LogP contribution in [0, 0.1) is 0 Å². The second kappa shape index (κ2) is 7.37. The molecule has 1 aliphatic heterocycles. The first-order valence-electron chi connectivity index (χ1n) is 7.57. The molecule has 0 saturated heterocycles. The number of nitrogens with one attached hydrogen (secondary N) is 2. The molecule has 1 aliphatic rings. The molecule has 120 valence electrons. The molecular weight excluding hydrogens is 312 g/mol. The summed E-state index contributed by atoms with van der Waals surface area (Å²) in [6.07, 6.45) is 2.62. The van der Waals surface area contributed by atoms with Crippen LogP contribution in [-0.2, 0) is 4.79 Å². The van der Waals surface area contributed by atoms with Gasteiger partial charge in [0.1, 0.15) is 0 Å². The van der Waals surface area contributed by atoms with E-state index in [0.717, 1.165) is 12.2 Å². The molecule has 1 unspecified atom stereocenters. The molecule has 0 bridgehead atoms. The summed E-state index contributed by atoms with van der Waals surface area (Å²) in [5.41, 5.74) is 1.18. The van der Waals surface area contributed by atoms with Gasteiger partial charge in [0.15, 0.2) is 5.76 Å². The van der Waals surface area contributed by atoms with Crippen molar-refractivity contribution in [3.05, 3.63) is 54.0 Å². The first-order chi connectivity index (χ1) is 11.2. The maximum atomic E-state index is 12.1. The van der Waals surface area contributed by atoms with Crippen LogP contribution >= 0.6 is 11.8 Å². The van der Waals surface area contributed by atoms with E-state index < -0.39 is 0 Å². The maximum Gasteiger partial charge on any atom is 0.286 e. The molecule has 0 fully saturated rings. The maximum absolute atomic E-state index is 12.1. The minimum absolute atomic E-state index is 0.0562. The molecule has 1 aromatic heterocycles. The van der Waals surface area contributed by atoms with E-state index in [9.17, 15) is 9.59 Å². The molecule has 1 aromatic carbocycles. The first kappa shape index (κ1) is 15.7.